The van der Waals surface area contributed by atoms with Crippen LogP contribution in [-0.4, -0.2) is 57.1 Å². The van der Waals surface area contributed by atoms with Crippen LogP contribution in [-0.2, 0) is 0 Å². The predicted molar refractivity (Wildman–Crippen MR) is 108 cm³/mol. The van der Waals surface area contributed by atoms with Gasteiger partial charge in [-0.15, -0.1) is 0 Å². The van der Waals surface area contributed by atoms with Gasteiger partial charge in [0.2, 0.25) is 0 Å². The molecule has 8 heteroatoms. The smallest absolute Gasteiger partial charge is 0.158 e. The Morgan fingerprint density at radius 2 is 1.82 bits per heavy atom. The fourth-order valence-corrected chi connectivity index (χ4v) is 3.45. The van der Waals surface area contributed by atoms with Crippen LogP contribution < -0.4 is 10.2 Å². The molecule has 3 heterocycles. The predicted octanol–water partition coefficient (Wildman–Crippen LogP) is 2.42. The van der Waals surface area contributed by atoms with E-state index in [1.807, 2.05) is 16.8 Å². The Labute approximate surface area is 164 Å². The van der Waals surface area contributed by atoms with Gasteiger partial charge >= 0.3 is 0 Å². The van der Waals surface area contributed by atoms with Gasteiger partial charge in [-0.3, -0.25) is 0 Å². The Morgan fingerprint density at radius 3 is 2.50 bits per heavy atom. The highest BCUT2D eigenvalue weighted by atomic mass is 15.3. The quantitative estimate of drug-likeness (QED) is 0.750. The Balaban J connectivity index is 1.45. The molecular weight excluding hydrogens is 352 g/mol. The molecule has 1 saturated heterocycles. The first kappa shape index (κ1) is 17.9. The summed E-state index contributed by atoms with van der Waals surface area (Å²) in [6.07, 6.45) is 6.60. The summed E-state index contributed by atoms with van der Waals surface area (Å²) in [5.41, 5.74) is 2.57. The summed E-state index contributed by atoms with van der Waals surface area (Å²) in [6.45, 7) is 5.47. The molecule has 1 N–H and O–H groups in total. The van der Waals surface area contributed by atoms with Crippen LogP contribution in [0.3, 0.4) is 0 Å². The van der Waals surface area contributed by atoms with Crippen molar-refractivity contribution in [1.29, 1.82) is 5.26 Å². The van der Waals surface area contributed by atoms with Crippen molar-refractivity contribution in [3.63, 3.8) is 0 Å². The molecule has 3 aromatic rings. The molecule has 28 heavy (non-hydrogen) atoms. The Morgan fingerprint density at radius 1 is 1.04 bits per heavy atom. The second kappa shape index (κ2) is 7.66. The largest absolute Gasteiger partial charge is 0.366 e. The van der Waals surface area contributed by atoms with Crippen molar-refractivity contribution < 1.29 is 0 Å². The van der Waals surface area contributed by atoms with Crippen LogP contribution in [0, 0.1) is 11.3 Å². The first-order valence-electron chi connectivity index (χ1n) is 9.21. The molecule has 0 aliphatic carbocycles. The maximum absolute atomic E-state index is 8.78. The summed E-state index contributed by atoms with van der Waals surface area (Å²) < 4.78 is 1.95. The van der Waals surface area contributed by atoms with Crippen molar-refractivity contribution in [2.45, 2.75) is 13.0 Å². The van der Waals surface area contributed by atoms with Crippen molar-refractivity contribution in [2.75, 3.05) is 36.9 Å². The second-order valence-electron chi connectivity index (χ2n) is 7.01. The molecule has 0 spiro atoms. The summed E-state index contributed by atoms with van der Waals surface area (Å²) in [5.74, 6) is 1.21. The van der Waals surface area contributed by atoms with Gasteiger partial charge in [0, 0.05) is 37.1 Å². The Hall–Kier alpha value is -3.44. The maximum Gasteiger partial charge on any atom is 0.158 e. The topological polar surface area (TPSA) is 85.9 Å². The van der Waals surface area contributed by atoms with E-state index in [1.54, 1.807) is 6.33 Å². The van der Waals surface area contributed by atoms with Gasteiger partial charge in [-0.1, -0.05) is 0 Å². The lowest BCUT2D eigenvalue weighted by Crippen LogP contribution is -2.50. The number of nitrogens with zero attached hydrogens (tertiary/aromatic N) is 7. The standard InChI is InChI=1S/C20H22N8/c1-15-12-26(2)7-8-28(15)18-5-3-17(4-6-18)27-13-20(24-14-27)25-19-11-22-16(9-21)10-23-19/h3-6,10-11,13-15H,7-8,12H2,1-2H3,(H,23,25)/t15-/m1/s1. The second-order valence-corrected chi connectivity index (χ2v) is 7.01. The van der Waals surface area contributed by atoms with Crippen LogP contribution in [0.15, 0.2) is 49.2 Å². The highest BCUT2D eigenvalue weighted by Gasteiger charge is 2.21. The number of rotatable bonds is 4. The number of hydrogen-bond acceptors (Lipinski definition) is 7. The highest BCUT2D eigenvalue weighted by molar-refractivity contribution is 5.54. The van der Waals surface area contributed by atoms with E-state index in [-0.39, 0.29) is 5.69 Å². The minimum Gasteiger partial charge on any atom is -0.366 e. The highest BCUT2D eigenvalue weighted by Crippen LogP contribution is 2.22. The van der Waals surface area contributed by atoms with Crippen LogP contribution in [0.2, 0.25) is 0 Å². The molecular formula is C20H22N8. The van der Waals surface area contributed by atoms with E-state index in [0.29, 0.717) is 17.7 Å². The zero-order valence-electron chi connectivity index (χ0n) is 15.9. The number of likely N-dealkylation sites (N-methyl/N-ethyl adjacent to an activating group) is 1. The number of aromatic nitrogens is 4. The van der Waals surface area contributed by atoms with Crippen LogP contribution >= 0.6 is 0 Å². The van der Waals surface area contributed by atoms with E-state index in [9.17, 15) is 0 Å². The summed E-state index contributed by atoms with van der Waals surface area (Å²) in [6, 6.07) is 11.0. The summed E-state index contributed by atoms with van der Waals surface area (Å²) >= 11 is 0. The average molecular weight is 374 g/mol. The number of benzene rings is 1. The van der Waals surface area contributed by atoms with Crippen molar-refractivity contribution in [3.8, 4) is 11.8 Å². The Kier molecular flexibility index (Phi) is 4.91. The van der Waals surface area contributed by atoms with Crippen LogP contribution in [0.4, 0.5) is 17.3 Å². The number of hydrogen-bond donors (Lipinski definition) is 1. The number of imidazole rings is 1. The van der Waals surface area contributed by atoms with Gasteiger partial charge in [-0.05, 0) is 38.2 Å². The monoisotopic (exact) mass is 374 g/mol. The number of anilines is 3. The lowest BCUT2D eigenvalue weighted by molar-refractivity contribution is 0.275. The fourth-order valence-electron chi connectivity index (χ4n) is 3.45. The van der Waals surface area contributed by atoms with Crippen LogP contribution in [0.25, 0.3) is 5.69 Å². The zero-order valence-corrected chi connectivity index (χ0v) is 15.9. The molecule has 0 saturated carbocycles. The van der Waals surface area contributed by atoms with Crippen LogP contribution in [0.5, 0.6) is 0 Å². The molecule has 2 aromatic heterocycles. The third-order valence-corrected chi connectivity index (χ3v) is 4.92. The van der Waals surface area contributed by atoms with Crippen molar-refractivity contribution in [3.05, 3.63) is 54.9 Å². The number of piperazine rings is 1. The van der Waals surface area contributed by atoms with E-state index >= 15 is 0 Å². The molecule has 1 aromatic carbocycles. The van der Waals surface area contributed by atoms with Gasteiger partial charge in [-0.2, -0.15) is 5.26 Å². The van der Waals surface area contributed by atoms with Gasteiger partial charge < -0.3 is 19.7 Å². The maximum atomic E-state index is 8.78. The zero-order chi connectivity index (χ0) is 19.5. The van der Waals surface area contributed by atoms with E-state index in [1.165, 1.54) is 18.1 Å². The molecule has 0 bridgehead atoms. The lowest BCUT2D eigenvalue weighted by atomic mass is 10.1. The summed E-state index contributed by atoms with van der Waals surface area (Å²) in [5, 5.41) is 11.9. The third kappa shape index (κ3) is 3.80. The molecule has 4 rings (SSSR count). The summed E-state index contributed by atoms with van der Waals surface area (Å²) in [7, 11) is 2.17. The minimum absolute atomic E-state index is 0.283. The van der Waals surface area contributed by atoms with Crippen LogP contribution in [0.1, 0.15) is 12.6 Å². The number of nitrogens with one attached hydrogen (secondary N) is 1. The number of nitriles is 1. The van der Waals surface area contributed by atoms with Gasteiger partial charge in [-0.25, -0.2) is 15.0 Å². The normalized spacial score (nSPS) is 17.3. The van der Waals surface area contributed by atoms with Gasteiger partial charge in [0.05, 0.1) is 18.6 Å². The molecule has 0 radical (unpaired) electrons. The van der Waals surface area contributed by atoms with E-state index in [4.69, 9.17) is 5.26 Å². The van der Waals surface area contributed by atoms with Crippen molar-refractivity contribution in [1.82, 2.24) is 24.4 Å². The molecule has 1 aliphatic heterocycles. The fraction of sp³-hybridized carbons (Fsp3) is 0.300. The third-order valence-electron chi connectivity index (χ3n) is 4.92. The molecule has 142 valence electrons. The first-order chi connectivity index (χ1) is 13.6. The molecule has 1 aliphatic rings. The molecule has 1 atom stereocenters. The van der Waals surface area contributed by atoms with E-state index < -0.39 is 0 Å². The van der Waals surface area contributed by atoms with Gasteiger partial charge in [0.1, 0.15) is 24.0 Å². The minimum atomic E-state index is 0.283. The summed E-state index contributed by atoms with van der Waals surface area (Å²) in [4.78, 5) is 17.3. The first-order valence-corrected chi connectivity index (χ1v) is 9.21. The molecule has 1 fully saturated rings. The van der Waals surface area contributed by atoms with Crippen molar-refractivity contribution >= 4 is 17.3 Å². The van der Waals surface area contributed by atoms with E-state index in [0.717, 1.165) is 25.3 Å². The molecule has 8 nitrogen and oxygen atoms in total. The SMILES string of the molecule is C[C@@H]1CN(C)CCN1c1ccc(-n2cnc(Nc3cnc(C#N)cn3)c2)cc1. The average Bonchev–Trinajstić information content (AvgIpc) is 3.17. The molecule has 0 amide bonds. The van der Waals surface area contributed by atoms with Gasteiger partial charge in [0.25, 0.3) is 0 Å². The van der Waals surface area contributed by atoms with Crippen molar-refractivity contribution in [2.24, 2.45) is 0 Å². The van der Waals surface area contributed by atoms with Gasteiger partial charge in [0.15, 0.2) is 5.69 Å². The lowest BCUT2D eigenvalue weighted by Gasteiger charge is -2.39. The Bertz CT molecular complexity index is 971. The van der Waals surface area contributed by atoms with E-state index in [2.05, 4.69) is 68.3 Å². The molecule has 0 unspecified atom stereocenters.